The fraction of sp³-hybridized carbons (Fsp3) is 0.571. The van der Waals surface area contributed by atoms with Crippen molar-refractivity contribution in [2.45, 2.75) is 25.4 Å². The number of hydrogen-bond donors (Lipinski definition) is 1. The van der Waals surface area contributed by atoms with Crippen LogP contribution in [0.2, 0.25) is 0 Å². The van der Waals surface area contributed by atoms with Crippen molar-refractivity contribution in [1.29, 1.82) is 0 Å². The number of nitrogens with zero attached hydrogens (tertiary/aromatic N) is 1. The van der Waals surface area contributed by atoms with E-state index in [2.05, 4.69) is 35.5 Å². The monoisotopic (exact) mass is 232 g/mol. The van der Waals surface area contributed by atoms with Gasteiger partial charge in [0.2, 0.25) is 0 Å². The Labute approximate surface area is 103 Å². The molecule has 1 saturated heterocycles. The van der Waals surface area contributed by atoms with E-state index in [1.54, 1.807) is 0 Å². The summed E-state index contributed by atoms with van der Waals surface area (Å²) in [5, 5.41) is 3.40. The first-order valence-electron chi connectivity index (χ1n) is 6.54. The van der Waals surface area contributed by atoms with E-state index in [-0.39, 0.29) is 0 Å². The first-order chi connectivity index (χ1) is 8.33. The average molecular weight is 232 g/mol. The van der Waals surface area contributed by atoms with E-state index in [0.29, 0.717) is 6.10 Å². The van der Waals surface area contributed by atoms with Gasteiger partial charge in [-0.2, -0.15) is 0 Å². The van der Waals surface area contributed by atoms with E-state index < -0.39 is 0 Å². The molecule has 3 heteroatoms. The molecule has 2 aliphatic rings. The van der Waals surface area contributed by atoms with Crippen molar-refractivity contribution in [1.82, 2.24) is 4.90 Å². The largest absolute Gasteiger partial charge is 0.490 e. The number of benzene rings is 1. The lowest BCUT2D eigenvalue weighted by Crippen LogP contribution is -2.35. The van der Waals surface area contributed by atoms with Gasteiger partial charge in [-0.1, -0.05) is 6.07 Å². The maximum absolute atomic E-state index is 6.18. The molecule has 0 aliphatic carbocycles. The van der Waals surface area contributed by atoms with Crippen LogP contribution in [0.3, 0.4) is 0 Å². The molecule has 0 aromatic heterocycles. The number of nitrogens with one attached hydrogen (secondary N) is 1. The molecule has 0 bridgehead atoms. The van der Waals surface area contributed by atoms with Crippen molar-refractivity contribution in [3.63, 3.8) is 0 Å². The van der Waals surface area contributed by atoms with Crippen molar-refractivity contribution in [3.8, 4) is 5.75 Å². The van der Waals surface area contributed by atoms with E-state index in [1.165, 1.54) is 11.3 Å². The third-order valence-corrected chi connectivity index (χ3v) is 3.78. The Morgan fingerprint density at radius 2 is 2.12 bits per heavy atom. The standard InChI is InChI=1S/C14H20N2O/c1-16-9-6-11(7-10-16)17-14-4-2-3-13-12(14)5-8-15-13/h2-4,11,15H,5-10H2,1H3. The summed E-state index contributed by atoms with van der Waals surface area (Å²) in [6, 6.07) is 6.34. The zero-order chi connectivity index (χ0) is 11.7. The number of fused-ring (bicyclic) bond motifs is 1. The van der Waals surface area contributed by atoms with Gasteiger partial charge in [-0.3, -0.25) is 0 Å². The van der Waals surface area contributed by atoms with E-state index >= 15 is 0 Å². The van der Waals surface area contributed by atoms with Gasteiger partial charge in [-0.05, 0) is 38.4 Å². The lowest BCUT2D eigenvalue weighted by atomic mass is 10.1. The lowest BCUT2D eigenvalue weighted by Gasteiger charge is -2.29. The summed E-state index contributed by atoms with van der Waals surface area (Å²) in [6.07, 6.45) is 3.79. The second-order valence-electron chi connectivity index (χ2n) is 5.08. The van der Waals surface area contributed by atoms with Gasteiger partial charge in [0.1, 0.15) is 11.9 Å². The molecule has 3 rings (SSSR count). The van der Waals surface area contributed by atoms with Gasteiger partial charge in [-0.25, -0.2) is 0 Å². The highest BCUT2D eigenvalue weighted by atomic mass is 16.5. The second-order valence-corrected chi connectivity index (χ2v) is 5.08. The molecule has 0 amide bonds. The number of anilines is 1. The van der Waals surface area contributed by atoms with Gasteiger partial charge in [-0.15, -0.1) is 0 Å². The summed E-state index contributed by atoms with van der Waals surface area (Å²) < 4.78 is 6.18. The lowest BCUT2D eigenvalue weighted by molar-refractivity contribution is 0.113. The summed E-state index contributed by atoms with van der Waals surface area (Å²) in [6.45, 7) is 3.35. The Morgan fingerprint density at radius 1 is 1.29 bits per heavy atom. The number of ether oxygens (including phenoxy) is 1. The van der Waals surface area contributed by atoms with E-state index in [4.69, 9.17) is 4.74 Å². The minimum atomic E-state index is 0.401. The molecule has 17 heavy (non-hydrogen) atoms. The molecule has 0 spiro atoms. The normalized spacial score (nSPS) is 21.0. The highest BCUT2D eigenvalue weighted by molar-refractivity contribution is 5.61. The zero-order valence-corrected chi connectivity index (χ0v) is 10.4. The Morgan fingerprint density at radius 3 is 2.94 bits per heavy atom. The van der Waals surface area contributed by atoms with Crippen LogP contribution in [0.5, 0.6) is 5.75 Å². The van der Waals surface area contributed by atoms with Crippen molar-refractivity contribution < 1.29 is 4.74 Å². The summed E-state index contributed by atoms with van der Waals surface area (Å²) in [7, 11) is 2.18. The van der Waals surface area contributed by atoms with Crippen LogP contribution < -0.4 is 10.1 Å². The molecule has 0 saturated carbocycles. The molecule has 0 unspecified atom stereocenters. The van der Waals surface area contributed by atoms with Gasteiger partial charge < -0.3 is 15.0 Å². The van der Waals surface area contributed by atoms with Crippen LogP contribution in [0.4, 0.5) is 5.69 Å². The van der Waals surface area contributed by atoms with Crippen LogP contribution in [0.25, 0.3) is 0 Å². The van der Waals surface area contributed by atoms with Crippen LogP contribution in [0.1, 0.15) is 18.4 Å². The van der Waals surface area contributed by atoms with Crippen molar-refractivity contribution >= 4 is 5.69 Å². The smallest absolute Gasteiger partial charge is 0.125 e. The maximum Gasteiger partial charge on any atom is 0.125 e. The quantitative estimate of drug-likeness (QED) is 0.845. The molecule has 0 atom stereocenters. The molecule has 2 heterocycles. The van der Waals surface area contributed by atoms with Gasteiger partial charge in [0.15, 0.2) is 0 Å². The molecule has 92 valence electrons. The Balaban J connectivity index is 1.71. The van der Waals surface area contributed by atoms with Gasteiger partial charge in [0, 0.05) is 30.9 Å². The van der Waals surface area contributed by atoms with Gasteiger partial charge >= 0.3 is 0 Å². The molecule has 0 radical (unpaired) electrons. The molecule has 1 fully saturated rings. The molecule has 3 nitrogen and oxygen atoms in total. The van der Waals surface area contributed by atoms with Crippen LogP contribution in [-0.4, -0.2) is 37.7 Å². The van der Waals surface area contributed by atoms with Gasteiger partial charge in [0.05, 0.1) is 0 Å². The molecule has 2 aliphatic heterocycles. The Kier molecular flexibility index (Phi) is 2.93. The van der Waals surface area contributed by atoms with Crippen LogP contribution >= 0.6 is 0 Å². The molecule has 1 aromatic carbocycles. The molecular weight excluding hydrogens is 212 g/mol. The predicted molar refractivity (Wildman–Crippen MR) is 69.8 cm³/mol. The fourth-order valence-electron chi connectivity index (χ4n) is 2.70. The highest BCUT2D eigenvalue weighted by Gasteiger charge is 2.21. The topological polar surface area (TPSA) is 24.5 Å². The van der Waals surface area contributed by atoms with Crippen molar-refractivity contribution in [2.24, 2.45) is 0 Å². The second kappa shape index (κ2) is 4.57. The summed E-state index contributed by atoms with van der Waals surface area (Å²) in [5.74, 6) is 1.10. The highest BCUT2D eigenvalue weighted by Crippen LogP contribution is 2.32. The van der Waals surface area contributed by atoms with Gasteiger partial charge in [0.25, 0.3) is 0 Å². The predicted octanol–water partition coefficient (Wildman–Crippen LogP) is 2.13. The first kappa shape index (κ1) is 10.9. The minimum absolute atomic E-state index is 0.401. The first-order valence-corrected chi connectivity index (χ1v) is 6.54. The molecule has 1 aromatic rings. The van der Waals surface area contributed by atoms with E-state index in [0.717, 1.165) is 44.6 Å². The summed E-state index contributed by atoms with van der Waals surface area (Å²) >= 11 is 0. The molecule has 1 N–H and O–H groups in total. The third-order valence-electron chi connectivity index (χ3n) is 3.78. The maximum atomic E-state index is 6.18. The zero-order valence-electron chi connectivity index (χ0n) is 10.4. The van der Waals surface area contributed by atoms with Crippen LogP contribution in [0.15, 0.2) is 18.2 Å². The van der Waals surface area contributed by atoms with E-state index in [9.17, 15) is 0 Å². The third kappa shape index (κ3) is 2.25. The average Bonchev–Trinajstić information content (AvgIpc) is 2.81. The summed E-state index contributed by atoms with van der Waals surface area (Å²) in [5.41, 5.74) is 2.63. The van der Waals surface area contributed by atoms with Crippen molar-refractivity contribution in [3.05, 3.63) is 23.8 Å². The Hall–Kier alpha value is -1.22. The molecular formula is C14H20N2O. The number of hydrogen-bond acceptors (Lipinski definition) is 3. The van der Waals surface area contributed by atoms with E-state index in [1.807, 2.05) is 0 Å². The Bertz CT molecular complexity index is 397. The number of rotatable bonds is 2. The minimum Gasteiger partial charge on any atom is -0.490 e. The summed E-state index contributed by atoms with van der Waals surface area (Å²) in [4.78, 5) is 2.37. The van der Waals surface area contributed by atoms with Crippen LogP contribution in [0, 0.1) is 0 Å². The fourth-order valence-corrected chi connectivity index (χ4v) is 2.70. The van der Waals surface area contributed by atoms with Crippen molar-refractivity contribution in [2.75, 3.05) is 32.0 Å². The number of piperidine rings is 1. The number of likely N-dealkylation sites (tertiary alicyclic amines) is 1. The SMILES string of the molecule is CN1CCC(Oc2cccc3c2CCN3)CC1. The van der Waals surface area contributed by atoms with Crippen LogP contribution in [-0.2, 0) is 6.42 Å².